The smallest absolute Gasteiger partial charge is 0.224 e. The maximum Gasteiger partial charge on any atom is 0.224 e. The lowest BCUT2D eigenvalue weighted by molar-refractivity contribution is -0.124. The molecule has 2 N–H and O–H groups in total. The van der Waals surface area contributed by atoms with Crippen molar-refractivity contribution in [1.29, 1.82) is 0 Å². The monoisotopic (exact) mass is 521 g/mol. The van der Waals surface area contributed by atoms with Crippen LogP contribution in [0.4, 0.5) is 0 Å². The summed E-state index contributed by atoms with van der Waals surface area (Å²) in [7, 11) is 1.61. The summed E-state index contributed by atoms with van der Waals surface area (Å²) >= 11 is 0. The number of aromatic nitrogens is 3. The van der Waals surface area contributed by atoms with Crippen LogP contribution in [0.1, 0.15) is 89.4 Å². The molecule has 1 saturated heterocycles. The number of ether oxygens (including phenoxy) is 1. The molecule has 0 radical (unpaired) electrons. The van der Waals surface area contributed by atoms with Gasteiger partial charge in [0.2, 0.25) is 11.8 Å². The van der Waals surface area contributed by atoms with Gasteiger partial charge in [0.15, 0.2) is 0 Å². The highest BCUT2D eigenvalue weighted by Gasteiger charge is 2.58. The first-order valence-electron chi connectivity index (χ1n) is 14.6. The molecule has 2 aromatic rings. The second kappa shape index (κ2) is 12.0. The lowest BCUT2D eigenvalue weighted by Gasteiger charge is -2.32. The molecule has 3 aliphatic rings. The molecule has 1 aliphatic heterocycles. The Morgan fingerprint density at radius 2 is 2.03 bits per heavy atom. The van der Waals surface area contributed by atoms with Crippen LogP contribution in [-0.4, -0.2) is 58.3 Å². The van der Waals surface area contributed by atoms with E-state index in [1.165, 1.54) is 12.8 Å². The molecule has 2 aromatic heterocycles. The van der Waals surface area contributed by atoms with E-state index in [-0.39, 0.29) is 23.3 Å². The lowest BCUT2D eigenvalue weighted by Crippen LogP contribution is -2.37. The number of rotatable bonds is 14. The quantitative estimate of drug-likeness (QED) is 0.336. The average Bonchev–Trinajstić information content (AvgIpc) is 3.84. The zero-order chi connectivity index (χ0) is 26.5. The number of Topliss-reactive ketones (excluding diaryl/α,β-unsaturated/α-hetero) is 1. The molecule has 3 heterocycles. The Morgan fingerprint density at radius 1 is 1.21 bits per heavy atom. The highest BCUT2D eigenvalue weighted by Crippen LogP contribution is 2.59. The molecule has 0 bridgehead atoms. The fourth-order valence-electron chi connectivity index (χ4n) is 6.14. The Balaban J connectivity index is 1.21. The van der Waals surface area contributed by atoms with Crippen LogP contribution < -0.4 is 10.1 Å². The highest BCUT2D eigenvalue weighted by atomic mass is 16.5. The van der Waals surface area contributed by atoms with E-state index < -0.39 is 0 Å². The van der Waals surface area contributed by atoms with Crippen LogP contribution in [0.15, 0.2) is 24.5 Å². The summed E-state index contributed by atoms with van der Waals surface area (Å²) in [6.07, 6.45) is 14.3. The summed E-state index contributed by atoms with van der Waals surface area (Å²) in [5, 5.41) is 3.36. The SMILES string of the molecule is CCN1CCC2(CC1)C[C@@H]2C(=O)N[C@@H](CCCCCC(=O)CC1CC1)c1ncc(-c2cccnc2OC)[nH]1. The van der Waals surface area contributed by atoms with Gasteiger partial charge in [0.25, 0.3) is 0 Å². The zero-order valence-corrected chi connectivity index (χ0v) is 23.0. The van der Waals surface area contributed by atoms with Crippen LogP contribution in [0.5, 0.6) is 5.88 Å². The molecule has 5 rings (SSSR count). The Morgan fingerprint density at radius 3 is 2.76 bits per heavy atom. The van der Waals surface area contributed by atoms with Crippen LogP contribution in [0.3, 0.4) is 0 Å². The number of imidazole rings is 1. The zero-order valence-electron chi connectivity index (χ0n) is 23.0. The van der Waals surface area contributed by atoms with Gasteiger partial charge in [-0.15, -0.1) is 0 Å². The number of piperidine rings is 1. The molecule has 3 fully saturated rings. The number of pyridine rings is 1. The first-order chi connectivity index (χ1) is 18.5. The molecule has 206 valence electrons. The standard InChI is InChI=1S/C30H43N5O3/c1-3-35-16-13-30(14-17-35)19-24(30)28(37)34-25(10-6-4-5-8-22(36)18-21-11-12-21)27-32-20-26(33-27)23-9-7-15-31-29(23)38-2/h7,9,15,20-21,24-25H,3-6,8,10-14,16-19H2,1-2H3,(H,32,33)(H,34,37)/t24-,25+/m1/s1. The number of carbonyl (C=O) groups excluding carboxylic acids is 2. The molecule has 2 saturated carbocycles. The number of hydrogen-bond acceptors (Lipinski definition) is 6. The Kier molecular flexibility index (Phi) is 8.46. The molecule has 0 aromatic carbocycles. The fraction of sp³-hybridized carbons (Fsp3) is 0.667. The summed E-state index contributed by atoms with van der Waals surface area (Å²) in [6, 6.07) is 3.64. The van der Waals surface area contributed by atoms with Crippen molar-refractivity contribution in [2.45, 2.75) is 83.6 Å². The predicted molar refractivity (Wildman–Crippen MR) is 147 cm³/mol. The molecule has 1 amide bonds. The molecule has 2 atom stereocenters. The highest BCUT2D eigenvalue weighted by molar-refractivity contribution is 5.83. The second-order valence-corrected chi connectivity index (χ2v) is 11.6. The summed E-state index contributed by atoms with van der Waals surface area (Å²) in [6.45, 7) is 5.49. The topological polar surface area (TPSA) is 100 Å². The summed E-state index contributed by atoms with van der Waals surface area (Å²) in [4.78, 5) is 40.5. The van der Waals surface area contributed by atoms with Crippen LogP contribution in [-0.2, 0) is 9.59 Å². The van der Waals surface area contributed by atoms with Crippen molar-refractivity contribution in [2.75, 3.05) is 26.7 Å². The maximum atomic E-state index is 13.4. The van der Waals surface area contributed by atoms with Gasteiger partial charge >= 0.3 is 0 Å². The molecular formula is C30H43N5O3. The summed E-state index contributed by atoms with van der Waals surface area (Å²) < 4.78 is 5.43. The van der Waals surface area contributed by atoms with Crippen molar-refractivity contribution in [1.82, 2.24) is 25.2 Å². The van der Waals surface area contributed by atoms with Gasteiger partial charge in [-0.1, -0.05) is 19.8 Å². The van der Waals surface area contributed by atoms with E-state index in [1.54, 1.807) is 19.5 Å². The van der Waals surface area contributed by atoms with Crippen LogP contribution in [0.2, 0.25) is 0 Å². The van der Waals surface area contributed by atoms with Gasteiger partial charge in [-0.2, -0.15) is 0 Å². The first kappa shape index (κ1) is 26.9. The average molecular weight is 522 g/mol. The number of nitrogens with one attached hydrogen (secondary N) is 2. The van der Waals surface area contributed by atoms with Gasteiger partial charge in [-0.05, 0) is 88.0 Å². The van der Waals surface area contributed by atoms with E-state index in [4.69, 9.17) is 4.74 Å². The van der Waals surface area contributed by atoms with Crippen molar-refractivity contribution in [3.05, 3.63) is 30.4 Å². The number of likely N-dealkylation sites (tertiary alicyclic amines) is 1. The van der Waals surface area contributed by atoms with Crippen LogP contribution in [0.25, 0.3) is 11.3 Å². The minimum Gasteiger partial charge on any atom is -0.481 e. The van der Waals surface area contributed by atoms with E-state index in [9.17, 15) is 9.59 Å². The Hall–Kier alpha value is -2.74. The molecule has 8 heteroatoms. The second-order valence-electron chi connectivity index (χ2n) is 11.6. The normalized spacial score (nSPS) is 21.3. The van der Waals surface area contributed by atoms with Gasteiger partial charge in [-0.3, -0.25) is 9.59 Å². The van der Waals surface area contributed by atoms with Gasteiger partial charge < -0.3 is 19.9 Å². The Labute approximate surface area is 226 Å². The summed E-state index contributed by atoms with van der Waals surface area (Å²) in [5.41, 5.74) is 1.86. The number of carbonyl (C=O) groups is 2. The van der Waals surface area contributed by atoms with Gasteiger partial charge in [0.05, 0.1) is 30.6 Å². The first-order valence-corrected chi connectivity index (χ1v) is 14.6. The van der Waals surface area contributed by atoms with E-state index in [0.717, 1.165) is 88.1 Å². The Bertz CT molecular complexity index is 1100. The fourth-order valence-corrected chi connectivity index (χ4v) is 6.14. The van der Waals surface area contributed by atoms with Crippen molar-refractivity contribution >= 4 is 11.7 Å². The number of unbranched alkanes of at least 4 members (excludes halogenated alkanes) is 2. The van der Waals surface area contributed by atoms with Crippen molar-refractivity contribution in [3.63, 3.8) is 0 Å². The molecular weight excluding hydrogens is 478 g/mol. The van der Waals surface area contributed by atoms with Gasteiger partial charge in [-0.25, -0.2) is 9.97 Å². The predicted octanol–water partition coefficient (Wildman–Crippen LogP) is 5.08. The molecule has 1 spiro atoms. The molecule has 38 heavy (non-hydrogen) atoms. The van der Waals surface area contributed by atoms with E-state index in [1.807, 2.05) is 12.1 Å². The largest absolute Gasteiger partial charge is 0.481 e. The number of hydrogen-bond donors (Lipinski definition) is 2. The number of methoxy groups -OCH3 is 1. The number of H-pyrrole nitrogens is 1. The number of nitrogens with zero attached hydrogens (tertiary/aromatic N) is 3. The number of ketones is 1. The van der Waals surface area contributed by atoms with Gasteiger partial charge in [0.1, 0.15) is 11.6 Å². The van der Waals surface area contributed by atoms with Gasteiger partial charge in [0, 0.05) is 25.0 Å². The van der Waals surface area contributed by atoms with Crippen molar-refractivity contribution < 1.29 is 14.3 Å². The summed E-state index contributed by atoms with van der Waals surface area (Å²) in [5.74, 6) is 2.64. The third-order valence-electron chi connectivity index (χ3n) is 8.96. The number of amides is 1. The minimum atomic E-state index is -0.186. The number of aromatic amines is 1. The minimum absolute atomic E-state index is 0.108. The molecule has 0 unspecified atom stereocenters. The third kappa shape index (κ3) is 6.45. The molecule has 8 nitrogen and oxygen atoms in total. The van der Waals surface area contributed by atoms with E-state index in [2.05, 4.69) is 32.1 Å². The molecule has 2 aliphatic carbocycles. The lowest BCUT2D eigenvalue weighted by atomic mass is 9.90. The van der Waals surface area contributed by atoms with Crippen molar-refractivity contribution in [3.8, 4) is 17.1 Å². The maximum absolute atomic E-state index is 13.4. The van der Waals surface area contributed by atoms with E-state index in [0.29, 0.717) is 24.0 Å². The third-order valence-corrected chi connectivity index (χ3v) is 8.96. The van der Waals surface area contributed by atoms with Crippen LogP contribution >= 0.6 is 0 Å². The van der Waals surface area contributed by atoms with Crippen LogP contribution in [0, 0.1) is 17.3 Å². The van der Waals surface area contributed by atoms with E-state index >= 15 is 0 Å². The van der Waals surface area contributed by atoms with Crippen molar-refractivity contribution in [2.24, 2.45) is 17.3 Å².